The summed E-state index contributed by atoms with van der Waals surface area (Å²) in [6.45, 7) is 5.06. The van der Waals surface area contributed by atoms with Crippen LogP contribution in [0.2, 0.25) is 0 Å². The molecular weight excluding hydrogens is 178 g/mol. The minimum Gasteiger partial charge on any atom is -0.393 e. The Balaban J connectivity index is 3.13. The fourth-order valence-corrected chi connectivity index (χ4v) is 1.27. The second kappa shape index (κ2) is 8.21. The minimum atomic E-state index is -0.969. The number of aliphatic hydroxyl groups is 2. The molecule has 0 aromatic heterocycles. The summed E-state index contributed by atoms with van der Waals surface area (Å²) < 4.78 is 0. The van der Waals surface area contributed by atoms with E-state index in [9.17, 15) is 5.11 Å². The highest BCUT2D eigenvalue weighted by atomic mass is 16.3. The highest BCUT2D eigenvalue weighted by Crippen LogP contribution is 2.02. The molecule has 0 saturated heterocycles. The molecule has 0 radical (unpaired) electrons. The van der Waals surface area contributed by atoms with Crippen molar-refractivity contribution < 1.29 is 10.2 Å². The lowest BCUT2D eigenvalue weighted by Crippen LogP contribution is -2.41. The molecule has 86 valence electrons. The summed E-state index contributed by atoms with van der Waals surface area (Å²) in [5.74, 6) is 0. The van der Waals surface area contributed by atoms with Crippen molar-refractivity contribution in [1.82, 2.24) is 5.32 Å². The van der Waals surface area contributed by atoms with Gasteiger partial charge in [-0.15, -0.1) is 0 Å². The second-order valence-corrected chi connectivity index (χ2v) is 4.25. The molecule has 0 aliphatic rings. The SMILES string of the molecule is CCCCCCCNCC(C)(O)CO. The maximum absolute atomic E-state index is 9.45. The predicted molar refractivity (Wildman–Crippen MR) is 59.3 cm³/mol. The molecule has 0 rings (SSSR count). The van der Waals surface area contributed by atoms with Gasteiger partial charge in [0.1, 0.15) is 0 Å². The first-order valence-electron chi connectivity index (χ1n) is 5.66. The number of hydrogen-bond donors (Lipinski definition) is 3. The third-order valence-electron chi connectivity index (χ3n) is 2.30. The monoisotopic (exact) mass is 203 g/mol. The smallest absolute Gasteiger partial charge is 0.0972 e. The van der Waals surface area contributed by atoms with Crippen molar-refractivity contribution >= 4 is 0 Å². The van der Waals surface area contributed by atoms with E-state index >= 15 is 0 Å². The van der Waals surface area contributed by atoms with Gasteiger partial charge in [-0.05, 0) is 19.9 Å². The fraction of sp³-hybridized carbons (Fsp3) is 1.00. The zero-order valence-corrected chi connectivity index (χ0v) is 9.55. The normalized spacial score (nSPS) is 15.4. The van der Waals surface area contributed by atoms with E-state index in [1.165, 1.54) is 25.7 Å². The lowest BCUT2D eigenvalue weighted by molar-refractivity contribution is 0.00286. The first-order chi connectivity index (χ1) is 6.62. The molecule has 3 nitrogen and oxygen atoms in total. The maximum atomic E-state index is 9.45. The molecule has 0 amide bonds. The Morgan fingerprint density at radius 3 is 2.36 bits per heavy atom. The van der Waals surface area contributed by atoms with Gasteiger partial charge in [-0.1, -0.05) is 32.6 Å². The van der Waals surface area contributed by atoms with Gasteiger partial charge in [-0.25, -0.2) is 0 Å². The molecule has 3 N–H and O–H groups in total. The van der Waals surface area contributed by atoms with Gasteiger partial charge in [-0.3, -0.25) is 0 Å². The molecule has 0 spiro atoms. The Hall–Kier alpha value is -0.120. The molecule has 0 aromatic rings. The van der Waals surface area contributed by atoms with Crippen molar-refractivity contribution in [3.8, 4) is 0 Å². The van der Waals surface area contributed by atoms with E-state index in [-0.39, 0.29) is 6.61 Å². The molecule has 1 atom stereocenters. The molecule has 0 saturated carbocycles. The molecular formula is C11H25NO2. The zero-order valence-electron chi connectivity index (χ0n) is 9.55. The number of hydrogen-bond acceptors (Lipinski definition) is 3. The molecule has 0 fully saturated rings. The van der Waals surface area contributed by atoms with Crippen LogP contribution in [-0.4, -0.2) is 35.5 Å². The van der Waals surface area contributed by atoms with Crippen molar-refractivity contribution in [2.24, 2.45) is 0 Å². The Morgan fingerprint density at radius 1 is 1.14 bits per heavy atom. The summed E-state index contributed by atoms with van der Waals surface area (Å²) in [4.78, 5) is 0. The van der Waals surface area contributed by atoms with E-state index in [1.807, 2.05) is 0 Å². The second-order valence-electron chi connectivity index (χ2n) is 4.25. The van der Waals surface area contributed by atoms with E-state index in [1.54, 1.807) is 6.92 Å². The van der Waals surface area contributed by atoms with Gasteiger partial charge in [0.25, 0.3) is 0 Å². The molecule has 0 aliphatic heterocycles. The largest absolute Gasteiger partial charge is 0.393 e. The zero-order chi connectivity index (χ0) is 10.9. The van der Waals surface area contributed by atoms with Crippen molar-refractivity contribution in [3.05, 3.63) is 0 Å². The molecule has 0 bridgehead atoms. The Morgan fingerprint density at radius 2 is 1.79 bits per heavy atom. The standard InChI is InChI=1S/C11H25NO2/c1-3-4-5-6-7-8-12-9-11(2,14)10-13/h12-14H,3-10H2,1-2H3. The molecule has 0 aliphatic carbocycles. The van der Waals surface area contributed by atoms with Gasteiger partial charge < -0.3 is 15.5 Å². The minimum absolute atomic E-state index is 0.185. The quantitative estimate of drug-likeness (QED) is 0.495. The Labute approximate surface area is 87.5 Å². The van der Waals surface area contributed by atoms with Crippen molar-refractivity contribution in [2.75, 3.05) is 19.7 Å². The van der Waals surface area contributed by atoms with Gasteiger partial charge >= 0.3 is 0 Å². The Kier molecular flexibility index (Phi) is 8.14. The Bertz CT molecular complexity index is 126. The van der Waals surface area contributed by atoms with Crippen LogP contribution in [-0.2, 0) is 0 Å². The summed E-state index contributed by atoms with van der Waals surface area (Å²) >= 11 is 0. The maximum Gasteiger partial charge on any atom is 0.0972 e. The van der Waals surface area contributed by atoms with Gasteiger partial charge in [0, 0.05) is 6.54 Å². The van der Waals surface area contributed by atoms with Crippen molar-refractivity contribution in [2.45, 2.75) is 51.6 Å². The van der Waals surface area contributed by atoms with Crippen LogP contribution in [0.15, 0.2) is 0 Å². The fourth-order valence-electron chi connectivity index (χ4n) is 1.27. The lowest BCUT2D eigenvalue weighted by Gasteiger charge is -2.20. The van der Waals surface area contributed by atoms with Crippen LogP contribution in [0.1, 0.15) is 46.0 Å². The predicted octanol–water partition coefficient (Wildman–Crippen LogP) is 1.29. The average molecular weight is 203 g/mol. The summed E-state index contributed by atoms with van der Waals surface area (Å²) in [6.07, 6.45) is 6.29. The highest BCUT2D eigenvalue weighted by Gasteiger charge is 2.17. The van der Waals surface area contributed by atoms with Gasteiger partial charge in [0.15, 0.2) is 0 Å². The van der Waals surface area contributed by atoms with Crippen LogP contribution in [0.5, 0.6) is 0 Å². The number of unbranched alkanes of at least 4 members (excludes halogenated alkanes) is 4. The number of rotatable bonds is 9. The van der Waals surface area contributed by atoms with E-state index < -0.39 is 5.60 Å². The summed E-state index contributed by atoms with van der Waals surface area (Å²) in [7, 11) is 0. The number of aliphatic hydroxyl groups excluding tert-OH is 1. The van der Waals surface area contributed by atoms with Gasteiger partial charge in [0.2, 0.25) is 0 Å². The molecule has 3 heteroatoms. The molecule has 14 heavy (non-hydrogen) atoms. The van der Waals surface area contributed by atoms with Crippen LogP contribution in [0.25, 0.3) is 0 Å². The first kappa shape index (κ1) is 13.9. The molecule has 0 aromatic carbocycles. The molecule has 0 heterocycles. The van der Waals surface area contributed by atoms with E-state index in [0.29, 0.717) is 6.54 Å². The van der Waals surface area contributed by atoms with Crippen LogP contribution in [0, 0.1) is 0 Å². The third-order valence-corrected chi connectivity index (χ3v) is 2.30. The van der Waals surface area contributed by atoms with Gasteiger partial charge in [-0.2, -0.15) is 0 Å². The summed E-state index contributed by atoms with van der Waals surface area (Å²) in [5, 5.41) is 21.4. The average Bonchev–Trinajstić information content (AvgIpc) is 2.16. The third kappa shape index (κ3) is 8.48. The van der Waals surface area contributed by atoms with Crippen LogP contribution >= 0.6 is 0 Å². The first-order valence-corrected chi connectivity index (χ1v) is 5.66. The summed E-state index contributed by atoms with van der Waals surface area (Å²) in [5.41, 5.74) is -0.969. The number of nitrogens with one attached hydrogen (secondary N) is 1. The van der Waals surface area contributed by atoms with E-state index in [0.717, 1.165) is 13.0 Å². The van der Waals surface area contributed by atoms with Gasteiger partial charge in [0.05, 0.1) is 12.2 Å². The lowest BCUT2D eigenvalue weighted by atomic mass is 10.1. The molecule has 1 unspecified atom stereocenters. The topological polar surface area (TPSA) is 52.5 Å². The van der Waals surface area contributed by atoms with Crippen LogP contribution in [0.4, 0.5) is 0 Å². The van der Waals surface area contributed by atoms with E-state index in [4.69, 9.17) is 5.11 Å². The van der Waals surface area contributed by atoms with Crippen molar-refractivity contribution in [1.29, 1.82) is 0 Å². The van der Waals surface area contributed by atoms with E-state index in [2.05, 4.69) is 12.2 Å². The van der Waals surface area contributed by atoms with Crippen LogP contribution < -0.4 is 5.32 Å². The van der Waals surface area contributed by atoms with Crippen molar-refractivity contribution in [3.63, 3.8) is 0 Å². The van der Waals surface area contributed by atoms with Crippen LogP contribution in [0.3, 0.4) is 0 Å². The highest BCUT2D eigenvalue weighted by molar-refractivity contribution is 4.73. The summed E-state index contributed by atoms with van der Waals surface area (Å²) in [6, 6.07) is 0.